The van der Waals surface area contributed by atoms with Crippen LogP contribution in [0.15, 0.2) is 57.7 Å². The van der Waals surface area contributed by atoms with Crippen LogP contribution in [0.4, 0.5) is 0 Å². The van der Waals surface area contributed by atoms with E-state index in [1.807, 2.05) is 0 Å². The zero-order valence-corrected chi connectivity index (χ0v) is 14.6. The van der Waals surface area contributed by atoms with Crippen LogP contribution in [-0.2, 0) is 4.74 Å². The van der Waals surface area contributed by atoms with Gasteiger partial charge in [-0.25, -0.2) is 0 Å². The molecule has 4 N–H and O–H groups in total. The standard InChI is InChI=1S/C20H18O8/c21-9-13-15(23)17(25)20(27-13)28-19-16(24)14-11(22)7-4-8-12(14)26-18(19)10-5-2-1-3-6-10/h1-8,13,15,17,20-23,25H,9H2/t13-,15-,17+,20?/m1/s1. The number of benzene rings is 2. The Morgan fingerprint density at radius 3 is 2.43 bits per heavy atom. The van der Waals surface area contributed by atoms with Crippen molar-refractivity contribution in [3.63, 3.8) is 0 Å². The predicted molar refractivity (Wildman–Crippen MR) is 98.0 cm³/mol. The fourth-order valence-corrected chi connectivity index (χ4v) is 3.17. The highest BCUT2D eigenvalue weighted by atomic mass is 16.7. The Labute approximate surface area is 158 Å². The van der Waals surface area contributed by atoms with Gasteiger partial charge in [0.05, 0.1) is 6.61 Å². The van der Waals surface area contributed by atoms with Gasteiger partial charge in [0.1, 0.15) is 35.0 Å². The molecule has 4 rings (SSSR count). The summed E-state index contributed by atoms with van der Waals surface area (Å²) in [6.07, 6.45) is -5.32. The van der Waals surface area contributed by atoms with Crippen LogP contribution in [0.1, 0.15) is 0 Å². The van der Waals surface area contributed by atoms with Gasteiger partial charge in [-0.3, -0.25) is 4.79 Å². The minimum Gasteiger partial charge on any atom is -0.507 e. The van der Waals surface area contributed by atoms with Crippen LogP contribution in [0.2, 0.25) is 0 Å². The van der Waals surface area contributed by atoms with Crippen LogP contribution >= 0.6 is 0 Å². The van der Waals surface area contributed by atoms with Crippen molar-refractivity contribution in [1.82, 2.24) is 0 Å². The molecule has 0 radical (unpaired) electrons. The second-order valence-electron chi connectivity index (χ2n) is 6.43. The van der Waals surface area contributed by atoms with Crippen LogP contribution in [0.5, 0.6) is 11.5 Å². The molecule has 1 unspecified atom stereocenters. The molecule has 0 aliphatic carbocycles. The van der Waals surface area contributed by atoms with E-state index >= 15 is 0 Å². The van der Waals surface area contributed by atoms with Crippen LogP contribution in [0.25, 0.3) is 22.3 Å². The highest BCUT2D eigenvalue weighted by Crippen LogP contribution is 2.35. The minimum absolute atomic E-state index is 0.0797. The van der Waals surface area contributed by atoms with Crippen molar-refractivity contribution in [2.45, 2.75) is 24.6 Å². The molecule has 3 aromatic rings. The minimum atomic E-state index is -1.49. The summed E-state index contributed by atoms with van der Waals surface area (Å²) in [5.74, 6) is -0.478. The topological polar surface area (TPSA) is 130 Å². The molecule has 0 saturated carbocycles. The van der Waals surface area contributed by atoms with Gasteiger partial charge < -0.3 is 34.3 Å². The summed E-state index contributed by atoms with van der Waals surface area (Å²) < 4.78 is 16.8. The van der Waals surface area contributed by atoms with Gasteiger partial charge in [-0.15, -0.1) is 0 Å². The van der Waals surface area contributed by atoms with Gasteiger partial charge in [0.15, 0.2) is 5.76 Å². The van der Waals surface area contributed by atoms with Crippen LogP contribution < -0.4 is 10.2 Å². The average molecular weight is 386 g/mol. The van der Waals surface area contributed by atoms with E-state index in [1.165, 1.54) is 6.07 Å². The number of phenolic OH excluding ortho intramolecular Hbond substituents is 1. The van der Waals surface area contributed by atoms with Crippen LogP contribution in [0, 0.1) is 0 Å². The fourth-order valence-electron chi connectivity index (χ4n) is 3.17. The van der Waals surface area contributed by atoms with Crippen molar-refractivity contribution in [2.75, 3.05) is 6.61 Å². The number of ether oxygens (including phenoxy) is 2. The lowest BCUT2D eigenvalue weighted by Crippen LogP contribution is -2.36. The Kier molecular flexibility index (Phi) is 4.78. The van der Waals surface area contributed by atoms with E-state index in [2.05, 4.69) is 0 Å². The average Bonchev–Trinajstić information content (AvgIpc) is 2.98. The predicted octanol–water partition coefficient (Wildman–Crippen LogP) is 0.983. The van der Waals surface area contributed by atoms with Gasteiger partial charge in [-0.2, -0.15) is 0 Å². The van der Waals surface area contributed by atoms with Crippen molar-refractivity contribution >= 4 is 11.0 Å². The smallest absolute Gasteiger partial charge is 0.239 e. The van der Waals surface area contributed by atoms with Crippen LogP contribution in [-0.4, -0.2) is 51.6 Å². The first-order valence-corrected chi connectivity index (χ1v) is 8.64. The number of fused-ring (bicyclic) bond motifs is 1. The molecule has 0 amide bonds. The molecule has 1 fully saturated rings. The van der Waals surface area contributed by atoms with E-state index in [1.54, 1.807) is 42.5 Å². The molecule has 1 aliphatic rings. The summed E-state index contributed by atoms with van der Waals surface area (Å²) in [4.78, 5) is 13.1. The van der Waals surface area contributed by atoms with E-state index in [9.17, 15) is 25.2 Å². The maximum atomic E-state index is 13.1. The van der Waals surface area contributed by atoms with E-state index < -0.39 is 36.6 Å². The van der Waals surface area contributed by atoms with Crippen LogP contribution in [0.3, 0.4) is 0 Å². The van der Waals surface area contributed by atoms with Gasteiger partial charge in [0.25, 0.3) is 0 Å². The first kappa shape index (κ1) is 18.5. The largest absolute Gasteiger partial charge is 0.507 e. The molecule has 4 atom stereocenters. The Morgan fingerprint density at radius 1 is 1.00 bits per heavy atom. The third-order valence-electron chi connectivity index (χ3n) is 4.62. The normalized spacial score (nSPS) is 24.5. The molecule has 0 bridgehead atoms. The first-order chi connectivity index (χ1) is 13.5. The molecular weight excluding hydrogens is 368 g/mol. The molecule has 28 heavy (non-hydrogen) atoms. The van der Waals surface area contributed by atoms with Gasteiger partial charge >= 0.3 is 0 Å². The van der Waals surface area contributed by atoms with Gasteiger partial charge in [0, 0.05) is 5.56 Å². The monoisotopic (exact) mass is 386 g/mol. The Bertz CT molecular complexity index is 1050. The molecule has 146 valence electrons. The van der Waals surface area contributed by atoms with E-state index in [0.29, 0.717) is 5.56 Å². The van der Waals surface area contributed by atoms with Gasteiger partial charge in [-0.05, 0) is 12.1 Å². The van der Waals surface area contributed by atoms with E-state index in [-0.39, 0.29) is 28.2 Å². The zero-order valence-electron chi connectivity index (χ0n) is 14.6. The number of rotatable bonds is 4. The molecule has 2 heterocycles. The molecule has 8 nitrogen and oxygen atoms in total. The summed E-state index contributed by atoms with van der Waals surface area (Å²) in [5.41, 5.74) is 0.0416. The fraction of sp³-hybridized carbons (Fsp3) is 0.250. The third kappa shape index (κ3) is 3.02. The summed E-state index contributed by atoms with van der Waals surface area (Å²) in [6, 6.07) is 13.1. The SMILES string of the molecule is O=c1c(OC2O[C@H](CO)[C@@H](O)[C@@H]2O)c(-c2ccccc2)oc2cccc(O)c12. The second-order valence-corrected chi connectivity index (χ2v) is 6.43. The number of aromatic hydroxyl groups is 1. The Balaban J connectivity index is 1.87. The number of hydrogen-bond donors (Lipinski definition) is 4. The van der Waals surface area contributed by atoms with E-state index in [4.69, 9.17) is 13.9 Å². The molecule has 1 aliphatic heterocycles. The zero-order chi connectivity index (χ0) is 19.8. The van der Waals surface area contributed by atoms with Crippen molar-refractivity contribution < 1.29 is 34.3 Å². The van der Waals surface area contributed by atoms with Crippen molar-refractivity contribution in [1.29, 1.82) is 0 Å². The van der Waals surface area contributed by atoms with Crippen molar-refractivity contribution in [3.8, 4) is 22.8 Å². The Morgan fingerprint density at radius 2 is 1.75 bits per heavy atom. The highest BCUT2D eigenvalue weighted by molar-refractivity contribution is 5.86. The molecule has 1 aromatic heterocycles. The van der Waals surface area contributed by atoms with Gasteiger partial charge in [0.2, 0.25) is 17.5 Å². The number of hydrogen-bond acceptors (Lipinski definition) is 8. The summed E-state index contributed by atoms with van der Waals surface area (Å²) >= 11 is 0. The van der Waals surface area contributed by atoms with Crippen molar-refractivity contribution in [3.05, 3.63) is 58.8 Å². The lowest BCUT2D eigenvalue weighted by Gasteiger charge is -2.18. The third-order valence-corrected chi connectivity index (χ3v) is 4.62. The summed E-state index contributed by atoms with van der Waals surface area (Å²) in [6.45, 7) is -0.531. The molecule has 0 spiro atoms. The quantitative estimate of drug-likeness (QED) is 0.522. The summed E-state index contributed by atoms with van der Waals surface area (Å²) in [5, 5.41) is 39.3. The second kappa shape index (κ2) is 7.25. The highest BCUT2D eigenvalue weighted by Gasteiger charge is 2.44. The maximum Gasteiger partial charge on any atom is 0.239 e. The molecule has 1 saturated heterocycles. The molecular formula is C20H18O8. The summed E-state index contributed by atoms with van der Waals surface area (Å²) in [7, 11) is 0. The maximum absolute atomic E-state index is 13.1. The lowest BCUT2D eigenvalue weighted by molar-refractivity contribution is -0.117. The first-order valence-electron chi connectivity index (χ1n) is 8.64. The number of aliphatic hydroxyl groups excluding tert-OH is 3. The number of aliphatic hydroxyl groups is 3. The van der Waals surface area contributed by atoms with E-state index in [0.717, 1.165) is 0 Å². The Hall–Kier alpha value is -2.91. The molecule has 2 aromatic carbocycles. The molecule has 8 heteroatoms. The lowest BCUT2D eigenvalue weighted by atomic mass is 10.1. The van der Waals surface area contributed by atoms with Gasteiger partial charge in [-0.1, -0.05) is 36.4 Å². The van der Waals surface area contributed by atoms with Crippen molar-refractivity contribution in [2.24, 2.45) is 0 Å². The number of phenols is 1.